The third-order valence-electron chi connectivity index (χ3n) is 1.36. The molecule has 0 saturated heterocycles. The van der Waals surface area contributed by atoms with Crippen LogP contribution in [0.1, 0.15) is 33.1 Å². The van der Waals surface area contributed by atoms with Gasteiger partial charge in [0.2, 0.25) is 0 Å². The highest BCUT2D eigenvalue weighted by molar-refractivity contribution is 5.94. The number of hydrogen-bond donors (Lipinski definition) is 0. The molecule has 0 saturated carbocycles. The molecule has 0 unspecified atom stereocenters. The highest BCUT2D eigenvalue weighted by Crippen LogP contribution is 1.91. The van der Waals surface area contributed by atoms with Crippen molar-refractivity contribution >= 4 is 11.8 Å². The minimum Gasteiger partial charge on any atom is -0.461 e. The number of carbonyl (C=O) groups is 2. The van der Waals surface area contributed by atoms with Gasteiger partial charge in [-0.05, 0) is 13.3 Å². The van der Waals surface area contributed by atoms with Gasteiger partial charge >= 0.3 is 5.97 Å². The Bertz CT molecular complexity index is 194. The van der Waals surface area contributed by atoms with Gasteiger partial charge in [-0.1, -0.05) is 25.5 Å². The van der Waals surface area contributed by atoms with Crippen LogP contribution in [0.25, 0.3) is 0 Å². The van der Waals surface area contributed by atoms with Crippen molar-refractivity contribution in [2.45, 2.75) is 33.1 Å². The maximum absolute atomic E-state index is 10.8. The molecule has 0 amide bonds. The summed E-state index contributed by atoms with van der Waals surface area (Å²) in [7, 11) is 0. The molecule has 0 bridgehead atoms. The van der Waals surface area contributed by atoms with E-state index in [0.717, 1.165) is 12.8 Å². The van der Waals surface area contributed by atoms with Crippen molar-refractivity contribution in [2.24, 2.45) is 0 Å². The summed E-state index contributed by atoms with van der Waals surface area (Å²) in [5, 5.41) is 0. The lowest BCUT2D eigenvalue weighted by Gasteiger charge is -1.98. The van der Waals surface area contributed by atoms with Crippen molar-refractivity contribution in [2.75, 3.05) is 6.61 Å². The van der Waals surface area contributed by atoms with E-state index in [1.165, 1.54) is 6.92 Å². The zero-order chi connectivity index (χ0) is 10.1. The van der Waals surface area contributed by atoms with Crippen molar-refractivity contribution in [3.8, 4) is 0 Å². The van der Waals surface area contributed by atoms with Crippen molar-refractivity contribution < 1.29 is 14.3 Å². The average Bonchev–Trinajstić information content (AvgIpc) is 2.02. The number of hydrogen-bond acceptors (Lipinski definition) is 3. The Hall–Kier alpha value is -1.12. The van der Waals surface area contributed by atoms with Crippen molar-refractivity contribution in [1.82, 2.24) is 0 Å². The van der Waals surface area contributed by atoms with E-state index in [2.05, 4.69) is 6.92 Å². The molecule has 3 nitrogen and oxygen atoms in total. The van der Waals surface area contributed by atoms with Crippen LogP contribution in [0.2, 0.25) is 0 Å². The predicted octanol–water partition coefficient (Wildman–Crippen LogP) is 1.86. The minimum absolute atomic E-state index is 0.123. The largest absolute Gasteiger partial charge is 0.461 e. The van der Waals surface area contributed by atoms with Crippen LogP contribution >= 0.6 is 0 Å². The van der Waals surface area contributed by atoms with Gasteiger partial charge in [0.05, 0.1) is 0 Å². The molecular formula is C10H16O3. The molecule has 0 spiro atoms. The van der Waals surface area contributed by atoms with Crippen LogP contribution in [0.5, 0.6) is 0 Å². The first-order valence-corrected chi connectivity index (χ1v) is 4.47. The fourth-order valence-corrected chi connectivity index (χ4v) is 0.748. The molecule has 74 valence electrons. The minimum atomic E-state index is -0.450. The molecule has 0 aliphatic carbocycles. The zero-order valence-electron chi connectivity index (χ0n) is 8.21. The number of Topliss-reactive ketones (excluding diaryl/α,β-unsaturated/α-hetero) is 1. The first-order valence-electron chi connectivity index (χ1n) is 4.47. The lowest BCUT2D eigenvalue weighted by Crippen LogP contribution is -2.08. The number of rotatable bonds is 6. The number of esters is 1. The van der Waals surface area contributed by atoms with Gasteiger partial charge in [0.1, 0.15) is 18.8 Å². The van der Waals surface area contributed by atoms with Gasteiger partial charge in [0.15, 0.2) is 0 Å². The summed E-state index contributed by atoms with van der Waals surface area (Å²) in [4.78, 5) is 21.3. The lowest BCUT2D eigenvalue weighted by molar-refractivity contribution is -0.144. The SMILES string of the molecule is CCCC=CCOC(=O)CC(C)=O. The first-order chi connectivity index (χ1) is 6.16. The van der Waals surface area contributed by atoms with E-state index in [0.29, 0.717) is 0 Å². The van der Waals surface area contributed by atoms with Gasteiger partial charge < -0.3 is 4.74 Å². The highest BCUT2D eigenvalue weighted by atomic mass is 16.5. The monoisotopic (exact) mass is 184 g/mol. The normalized spacial score (nSPS) is 10.3. The Kier molecular flexibility index (Phi) is 6.88. The van der Waals surface area contributed by atoms with Gasteiger partial charge in [-0.3, -0.25) is 9.59 Å². The molecular weight excluding hydrogens is 168 g/mol. The van der Waals surface area contributed by atoms with E-state index in [9.17, 15) is 9.59 Å². The maximum atomic E-state index is 10.8. The first kappa shape index (κ1) is 11.9. The Morgan fingerprint density at radius 3 is 2.54 bits per heavy atom. The smallest absolute Gasteiger partial charge is 0.313 e. The van der Waals surface area contributed by atoms with E-state index in [-0.39, 0.29) is 18.8 Å². The molecule has 13 heavy (non-hydrogen) atoms. The summed E-state index contributed by atoms with van der Waals surface area (Å²) < 4.78 is 4.75. The van der Waals surface area contributed by atoms with E-state index in [1.807, 2.05) is 6.08 Å². The van der Waals surface area contributed by atoms with Gasteiger partial charge in [-0.15, -0.1) is 0 Å². The van der Waals surface area contributed by atoms with Gasteiger partial charge in [-0.25, -0.2) is 0 Å². The number of carbonyl (C=O) groups excluding carboxylic acids is 2. The number of ether oxygens (including phenoxy) is 1. The van der Waals surface area contributed by atoms with Crippen LogP contribution in [0, 0.1) is 0 Å². The molecule has 0 aliphatic heterocycles. The quantitative estimate of drug-likeness (QED) is 0.359. The molecule has 0 aromatic carbocycles. The number of unbranched alkanes of at least 4 members (excludes halogenated alkanes) is 1. The van der Waals surface area contributed by atoms with Crippen LogP contribution < -0.4 is 0 Å². The molecule has 0 rings (SSSR count). The van der Waals surface area contributed by atoms with E-state index >= 15 is 0 Å². The summed E-state index contributed by atoms with van der Waals surface area (Å²) in [6, 6.07) is 0. The van der Waals surface area contributed by atoms with Crippen molar-refractivity contribution in [3.63, 3.8) is 0 Å². The van der Waals surface area contributed by atoms with Crippen molar-refractivity contribution in [3.05, 3.63) is 12.2 Å². The van der Waals surface area contributed by atoms with Crippen LogP contribution in [-0.4, -0.2) is 18.4 Å². The Labute approximate surface area is 78.8 Å². The van der Waals surface area contributed by atoms with E-state index in [1.54, 1.807) is 6.08 Å². The second-order valence-corrected chi connectivity index (χ2v) is 2.82. The van der Waals surface area contributed by atoms with Gasteiger partial charge in [-0.2, -0.15) is 0 Å². The summed E-state index contributed by atoms with van der Waals surface area (Å²) in [5.74, 6) is -0.615. The molecule has 0 aromatic heterocycles. The Morgan fingerprint density at radius 2 is 2.00 bits per heavy atom. The van der Waals surface area contributed by atoms with Crippen LogP contribution in [0.15, 0.2) is 12.2 Å². The maximum Gasteiger partial charge on any atom is 0.313 e. The van der Waals surface area contributed by atoms with Gasteiger partial charge in [0.25, 0.3) is 0 Å². The molecule has 0 aliphatic rings. The van der Waals surface area contributed by atoms with E-state index in [4.69, 9.17) is 4.74 Å². The molecule has 0 atom stereocenters. The van der Waals surface area contributed by atoms with E-state index < -0.39 is 5.97 Å². The van der Waals surface area contributed by atoms with Crippen molar-refractivity contribution in [1.29, 1.82) is 0 Å². The molecule has 0 aromatic rings. The molecule has 0 N–H and O–H groups in total. The summed E-state index contributed by atoms with van der Waals surface area (Å²) in [5.41, 5.74) is 0. The second-order valence-electron chi connectivity index (χ2n) is 2.82. The fraction of sp³-hybridized carbons (Fsp3) is 0.600. The standard InChI is InChI=1S/C10H16O3/c1-3-4-5-6-7-13-10(12)8-9(2)11/h5-6H,3-4,7-8H2,1-2H3. The number of allylic oxidation sites excluding steroid dienone is 1. The lowest BCUT2D eigenvalue weighted by atomic mass is 10.3. The topological polar surface area (TPSA) is 43.4 Å². The highest BCUT2D eigenvalue weighted by Gasteiger charge is 2.03. The second kappa shape index (κ2) is 7.53. The van der Waals surface area contributed by atoms with Crippen LogP contribution in [0.4, 0.5) is 0 Å². The predicted molar refractivity (Wildman–Crippen MR) is 50.3 cm³/mol. The molecule has 0 heterocycles. The summed E-state index contributed by atoms with van der Waals surface area (Å²) >= 11 is 0. The molecule has 0 fully saturated rings. The molecule has 3 heteroatoms. The fourth-order valence-electron chi connectivity index (χ4n) is 0.748. The Balaban J connectivity index is 3.42. The third kappa shape index (κ3) is 8.79. The zero-order valence-corrected chi connectivity index (χ0v) is 8.21. The van der Waals surface area contributed by atoms with Gasteiger partial charge in [0, 0.05) is 0 Å². The average molecular weight is 184 g/mol. The molecule has 0 radical (unpaired) electrons. The Morgan fingerprint density at radius 1 is 1.31 bits per heavy atom. The summed E-state index contributed by atoms with van der Waals surface area (Å²) in [6.07, 6.45) is 5.70. The summed E-state index contributed by atoms with van der Waals surface area (Å²) in [6.45, 7) is 3.71. The third-order valence-corrected chi connectivity index (χ3v) is 1.36. The van der Waals surface area contributed by atoms with Crippen LogP contribution in [0.3, 0.4) is 0 Å². The van der Waals surface area contributed by atoms with Crippen LogP contribution in [-0.2, 0) is 14.3 Å². The number of ketones is 1.